The molecule has 3 rings (SSSR count). The summed E-state index contributed by atoms with van der Waals surface area (Å²) in [7, 11) is 5.72. The summed E-state index contributed by atoms with van der Waals surface area (Å²) < 4.78 is 6.22. The standard InChI is InChI=1S/C20H22N4O4S/c1-22(2)11-4-12-23(19(25)14-5-7-15(8-6-14)24(26)27)20-21-17-13-16(28-3)9-10-18(17)29-20/h5-10,13H,4,11-12H2,1-3H3/p+1. The number of nitrogens with one attached hydrogen (secondary N) is 1. The van der Waals surface area contributed by atoms with Gasteiger partial charge in [0.2, 0.25) is 0 Å². The van der Waals surface area contributed by atoms with Crippen LogP contribution in [0.15, 0.2) is 42.5 Å². The fourth-order valence-electron chi connectivity index (χ4n) is 2.89. The van der Waals surface area contributed by atoms with Gasteiger partial charge >= 0.3 is 0 Å². The Balaban J connectivity index is 1.92. The zero-order valence-electron chi connectivity index (χ0n) is 16.5. The van der Waals surface area contributed by atoms with Crippen molar-refractivity contribution in [1.29, 1.82) is 0 Å². The molecule has 0 saturated heterocycles. The van der Waals surface area contributed by atoms with Gasteiger partial charge in [0.15, 0.2) is 5.13 Å². The second kappa shape index (κ2) is 8.97. The highest BCUT2D eigenvalue weighted by atomic mass is 32.1. The van der Waals surface area contributed by atoms with E-state index < -0.39 is 4.92 Å². The van der Waals surface area contributed by atoms with E-state index in [2.05, 4.69) is 19.1 Å². The Kier molecular flexibility index (Phi) is 6.40. The van der Waals surface area contributed by atoms with Gasteiger partial charge < -0.3 is 9.64 Å². The van der Waals surface area contributed by atoms with Crippen LogP contribution < -0.4 is 14.5 Å². The number of carbonyl (C=O) groups is 1. The molecule has 0 aliphatic heterocycles. The molecule has 1 heterocycles. The Bertz CT molecular complexity index is 1020. The number of thiazole rings is 1. The molecule has 0 aliphatic carbocycles. The Morgan fingerprint density at radius 3 is 2.59 bits per heavy atom. The maximum Gasteiger partial charge on any atom is 0.269 e. The summed E-state index contributed by atoms with van der Waals surface area (Å²) in [5.74, 6) is 0.485. The number of nitro groups is 1. The minimum Gasteiger partial charge on any atom is -0.497 e. The van der Waals surface area contributed by atoms with Gasteiger partial charge in [-0.3, -0.25) is 19.8 Å². The average molecular weight is 415 g/mol. The fourth-order valence-corrected chi connectivity index (χ4v) is 3.86. The van der Waals surface area contributed by atoms with Crippen molar-refractivity contribution >= 4 is 38.3 Å². The van der Waals surface area contributed by atoms with E-state index in [1.54, 1.807) is 12.0 Å². The van der Waals surface area contributed by atoms with Crippen molar-refractivity contribution in [2.24, 2.45) is 0 Å². The number of aromatic nitrogens is 1. The van der Waals surface area contributed by atoms with Gasteiger partial charge in [-0.15, -0.1) is 0 Å². The molecule has 2 aromatic carbocycles. The maximum atomic E-state index is 13.2. The molecule has 0 radical (unpaired) electrons. The molecule has 1 amide bonds. The molecule has 0 aliphatic rings. The van der Waals surface area contributed by atoms with Gasteiger partial charge in [-0.25, -0.2) is 4.98 Å². The zero-order valence-corrected chi connectivity index (χ0v) is 17.4. The lowest BCUT2D eigenvalue weighted by Gasteiger charge is -2.20. The van der Waals surface area contributed by atoms with Gasteiger partial charge in [0, 0.05) is 36.7 Å². The minimum absolute atomic E-state index is 0.0450. The van der Waals surface area contributed by atoms with Crippen molar-refractivity contribution in [3.8, 4) is 5.75 Å². The van der Waals surface area contributed by atoms with Crippen molar-refractivity contribution in [2.75, 3.05) is 39.2 Å². The van der Waals surface area contributed by atoms with Crippen LogP contribution in [0.4, 0.5) is 10.8 Å². The second-order valence-electron chi connectivity index (χ2n) is 6.90. The number of rotatable bonds is 8. The lowest BCUT2D eigenvalue weighted by molar-refractivity contribution is -0.858. The van der Waals surface area contributed by atoms with Gasteiger partial charge in [0.1, 0.15) is 5.75 Å². The lowest BCUT2D eigenvalue weighted by atomic mass is 10.2. The van der Waals surface area contributed by atoms with E-state index in [4.69, 9.17) is 4.74 Å². The SMILES string of the molecule is COc1ccc2sc(N(CCC[NH+](C)C)C(=O)c3ccc([N+](=O)[O-])cc3)nc2c1. The normalized spacial score (nSPS) is 11.0. The minimum atomic E-state index is -0.479. The van der Waals surface area contributed by atoms with Crippen molar-refractivity contribution in [2.45, 2.75) is 6.42 Å². The average Bonchev–Trinajstić information content (AvgIpc) is 3.13. The molecule has 1 N–H and O–H groups in total. The zero-order chi connectivity index (χ0) is 21.0. The van der Waals surface area contributed by atoms with E-state index in [1.165, 1.54) is 40.5 Å². The van der Waals surface area contributed by atoms with Crippen LogP contribution in [0.1, 0.15) is 16.8 Å². The fraction of sp³-hybridized carbons (Fsp3) is 0.300. The molecule has 152 valence electrons. The van der Waals surface area contributed by atoms with Crippen LogP contribution in [0.5, 0.6) is 5.75 Å². The van der Waals surface area contributed by atoms with Crippen molar-refractivity contribution in [3.63, 3.8) is 0 Å². The van der Waals surface area contributed by atoms with Crippen LogP contribution >= 0.6 is 11.3 Å². The molecule has 0 atom stereocenters. The largest absolute Gasteiger partial charge is 0.497 e. The highest BCUT2D eigenvalue weighted by molar-refractivity contribution is 7.22. The van der Waals surface area contributed by atoms with Gasteiger partial charge in [-0.05, 0) is 24.3 Å². The van der Waals surface area contributed by atoms with Gasteiger partial charge in [0.05, 0.1) is 42.9 Å². The Hall–Kier alpha value is -3.04. The number of hydrogen-bond acceptors (Lipinski definition) is 6. The van der Waals surface area contributed by atoms with E-state index in [9.17, 15) is 14.9 Å². The molecular weight excluding hydrogens is 392 g/mol. The molecule has 8 nitrogen and oxygen atoms in total. The third kappa shape index (κ3) is 4.87. The highest BCUT2D eigenvalue weighted by Crippen LogP contribution is 2.32. The molecule has 1 aromatic heterocycles. The number of anilines is 1. The summed E-state index contributed by atoms with van der Waals surface area (Å²) in [6.45, 7) is 1.42. The summed E-state index contributed by atoms with van der Waals surface area (Å²) in [5.41, 5.74) is 1.12. The van der Waals surface area contributed by atoms with E-state index in [1.807, 2.05) is 18.2 Å². The van der Waals surface area contributed by atoms with Crippen molar-refractivity contribution in [3.05, 3.63) is 58.1 Å². The van der Waals surface area contributed by atoms with Gasteiger partial charge in [-0.1, -0.05) is 11.3 Å². The Labute approximate surface area is 172 Å². The molecule has 29 heavy (non-hydrogen) atoms. The summed E-state index contributed by atoms with van der Waals surface area (Å²) in [6, 6.07) is 11.3. The summed E-state index contributed by atoms with van der Waals surface area (Å²) in [6.07, 6.45) is 0.806. The molecule has 0 bridgehead atoms. The van der Waals surface area contributed by atoms with Gasteiger partial charge in [-0.2, -0.15) is 0 Å². The molecule has 0 saturated carbocycles. The highest BCUT2D eigenvalue weighted by Gasteiger charge is 2.22. The van der Waals surface area contributed by atoms with Crippen LogP contribution in [-0.2, 0) is 0 Å². The number of fused-ring (bicyclic) bond motifs is 1. The second-order valence-corrected chi connectivity index (χ2v) is 7.91. The monoisotopic (exact) mass is 415 g/mol. The quantitative estimate of drug-likeness (QED) is 0.451. The number of nitro benzene ring substituents is 1. The predicted molar refractivity (Wildman–Crippen MR) is 113 cm³/mol. The van der Waals surface area contributed by atoms with Crippen LogP contribution in [0.2, 0.25) is 0 Å². The predicted octanol–water partition coefficient (Wildman–Crippen LogP) is 2.39. The summed E-state index contributed by atoms with van der Waals surface area (Å²) in [5, 5.41) is 11.5. The summed E-state index contributed by atoms with van der Waals surface area (Å²) in [4.78, 5) is 31.2. The number of non-ortho nitro benzene ring substituents is 1. The van der Waals surface area contributed by atoms with E-state index in [-0.39, 0.29) is 11.6 Å². The van der Waals surface area contributed by atoms with Crippen molar-refractivity contribution < 1.29 is 19.4 Å². The first-order chi connectivity index (χ1) is 13.9. The molecule has 3 aromatic rings. The van der Waals surface area contributed by atoms with Gasteiger partial charge in [0.25, 0.3) is 11.6 Å². The first-order valence-electron chi connectivity index (χ1n) is 9.19. The molecule has 9 heteroatoms. The first-order valence-corrected chi connectivity index (χ1v) is 10.0. The number of methoxy groups -OCH3 is 1. The maximum absolute atomic E-state index is 13.2. The van der Waals surface area contributed by atoms with Crippen LogP contribution in [0.3, 0.4) is 0 Å². The molecule has 0 spiro atoms. The number of quaternary nitrogens is 1. The first kappa shape index (κ1) is 20.7. The van der Waals surface area contributed by atoms with E-state index in [0.717, 1.165) is 23.2 Å². The smallest absolute Gasteiger partial charge is 0.269 e. The van der Waals surface area contributed by atoms with E-state index in [0.29, 0.717) is 23.0 Å². The Morgan fingerprint density at radius 2 is 1.97 bits per heavy atom. The lowest BCUT2D eigenvalue weighted by Crippen LogP contribution is -3.05. The number of hydrogen-bond donors (Lipinski definition) is 1. The van der Waals surface area contributed by atoms with E-state index >= 15 is 0 Å². The number of carbonyl (C=O) groups excluding carboxylic acids is 1. The van der Waals surface area contributed by atoms with Crippen LogP contribution in [-0.4, -0.2) is 50.1 Å². The third-order valence-electron chi connectivity index (χ3n) is 4.44. The van der Waals surface area contributed by atoms with Crippen LogP contribution in [0, 0.1) is 10.1 Å². The van der Waals surface area contributed by atoms with Crippen molar-refractivity contribution in [1.82, 2.24) is 4.98 Å². The van der Waals surface area contributed by atoms with Crippen LogP contribution in [0.25, 0.3) is 10.2 Å². The topological polar surface area (TPSA) is 90.0 Å². The number of nitrogens with zero attached hydrogens (tertiary/aromatic N) is 3. The number of ether oxygens (including phenoxy) is 1. The number of amides is 1. The Morgan fingerprint density at radius 1 is 1.24 bits per heavy atom. The molecule has 0 fully saturated rings. The molecule has 0 unspecified atom stereocenters. The molecular formula is C20H23N4O4S+. The number of benzene rings is 2. The third-order valence-corrected chi connectivity index (χ3v) is 5.50. The summed E-state index contributed by atoms with van der Waals surface area (Å²) >= 11 is 1.44.